The number of carbonyl (C=O) groups is 2. The van der Waals surface area contributed by atoms with Crippen LogP contribution in [0, 0.1) is 11.6 Å². The first-order chi connectivity index (χ1) is 14.0. The summed E-state index contributed by atoms with van der Waals surface area (Å²) in [4.78, 5) is 23.8. The second-order valence-electron chi connectivity index (χ2n) is 5.77. The van der Waals surface area contributed by atoms with Gasteiger partial charge >= 0.3 is 0 Å². The van der Waals surface area contributed by atoms with Crippen LogP contribution >= 0.6 is 11.8 Å². The fraction of sp³-hybridized carbons (Fsp3) is 0.222. The van der Waals surface area contributed by atoms with Crippen LogP contribution in [0.3, 0.4) is 0 Å². The summed E-state index contributed by atoms with van der Waals surface area (Å²) >= 11 is 1.17. The first-order valence-electron chi connectivity index (χ1n) is 8.59. The third kappa shape index (κ3) is 5.19. The van der Waals surface area contributed by atoms with E-state index in [9.17, 15) is 18.4 Å². The van der Waals surface area contributed by atoms with E-state index in [1.54, 1.807) is 12.1 Å². The van der Waals surface area contributed by atoms with E-state index in [0.29, 0.717) is 23.3 Å². The fourth-order valence-corrected chi connectivity index (χ4v) is 3.24. The molecule has 0 radical (unpaired) electrons. The molecular formula is C18H17F2N5O3S. The van der Waals surface area contributed by atoms with Gasteiger partial charge in [0.15, 0.2) is 28.4 Å². The number of nitrogens with zero attached hydrogens (tertiary/aromatic N) is 3. The van der Waals surface area contributed by atoms with Crippen LogP contribution in [0.15, 0.2) is 46.2 Å². The van der Waals surface area contributed by atoms with Gasteiger partial charge in [-0.05, 0) is 31.2 Å². The quantitative estimate of drug-likeness (QED) is 0.542. The monoisotopic (exact) mass is 421 g/mol. The zero-order chi connectivity index (χ0) is 20.8. The zero-order valence-electron chi connectivity index (χ0n) is 15.3. The lowest BCUT2D eigenvalue weighted by Crippen LogP contribution is -2.34. The Labute approximate surface area is 168 Å². The van der Waals surface area contributed by atoms with Gasteiger partial charge in [0.25, 0.3) is 0 Å². The number of hydrogen-bond acceptors (Lipinski definition) is 6. The average molecular weight is 421 g/mol. The molecule has 0 saturated heterocycles. The molecule has 2 amide bonds. The lowest BCUT2D eigenvalue weighted by Gasteiger charge is -2.08. The van der Waals surface area contributed by atoms with Crippen molar-refractivity contribution in [3.8, 4) is 11.6 Å². The standard InChI is InChI=1S/C18H17F2N5O3S/c1-2-25-17(14-4-3-7-28-14)23-24-18(25)29-10-16(27)21-9-15(26)22-11-5-6-12(19)13(20)8-11/h3-8H,2,9-10H2,1H3,(H,21,27)(H,22,26). The number of carbonyl (C=O) groups excluding carboxylic acids is 2. The lowest BCUT2D eigenvalue weighted by atomic mass is 10.3. The number of amides is 2. The average Bonchev–Trinajstić information content (AvgIpc) is 3.36. The molecule has 1 aromatic carbocycles. The summed E-state index contributed by atoms with van der Waals surface area (Å²) in [5.41, 5.74) is 0.0963. The number of halogens is 2. The van der Waals surface area contributed by atoms with E-state index in [1.807, 2.05) is 11.5 Å². The van der Waals surface area contributed by atoms with Crippen LogP contribution in [0.25, 0.3) is 11.6 Å². The van der Waals surface area contributed by atoms with Crippen LogP contribution < -0.4 is 10.6 Å². The van der Waals surface area contributed by atoms with Crippen LogP contribution in [0.5, 0.6) is 0 Å². The maximum absolute atomic E-state index is 13.1. The number of rotatable bonds is 8. The molecule has 0 aliphatic carbocycles. The van der Waals surface area contributed by atoms with Crippen LogP contribution in [-0.2, 0) is 16.1 Å². The molecule has 2 aromatic heterocycles. The highest BCUT2D eigenvalue weighted by molar-refractivity contribution is 7.99. The summed E-state index contributed by atoms with van der Waals surface area (Å²) < 4.78 is 33.2. The van der Waals surface area contributed by atoms with Crippen LogP contribution in [0.2, 0.25) is 0 Å². The van der Waals surface area contributed by atoms with Crippen molar-refractivity contribution in [2.75, 3.05) is 17.6 Å². The Hall–Kier alpha value is -3.21. The minimum atomic E-state index is -1.07. The first kappa shape index (κ1) is 20.5. The van der Waals surface area contributed by atoms with Crippen molar-refractivity contribution in [1.82, 2.24) is 20.1 Å². The maximum atomic E-state index is 13.1. The van der Waals surface area contributed by atoms with E-state index in [1.165, 1.54) is 24.1 Å². The lowest BCUT2D eigenvalue weighted by molar-refractivity contribution is -0.122. The van der Waals surface area contributed by atoms with Crippen molar-refractivity contribution < 1.29 is 22.8 Å². The van der Waals surface area contributed by atoms with Crippen LogP contribution in [0.4, 0.5) is 14.5 Å². The number of hydrogen-bond donors (Lipinski definition) is 2. The minimum Gasteiger partial charge on any atom is -0.461 e. The smallest absolute Gasteiger partial charge is 0.243 e. The summed E-state index contributed by atoms with van der Waals surface area (Å²) in [6.45, 7) is 2.20. The Morgan fingerprint density at radius 3 is 2.69 bits per heavy atom. The number of anilines is 1. The normalized spacial score (nSPS) is 10.7. The van der Waals surface area contributed by atoms with E-state index in [2.05, 4.69) is 20.8 Å². The summed E-state index contributed by atoms with van der Waals surface area (Å²) in [5.74, 6) is -1.88. The van der Waals surface area contributed by atoms with Crippen molar-refractivity contribution in [3.05, 3.63) is 48.2 Å². The number of aromatic nitrogens is 3. The van der Waals surface area contributed by atoms with E-state index in [0.717, 1.165) is 12.1 Å². The third-order valence-electron chi connectivity index (χ3n) is 3.76. The van der Waals surface area contributed by atoms with Crippen LogP contribution in [-0.4, -0.2) is 38.9 Å². The molecule has 8 nitrogen and oxygen atoms in total. The molecule has 2 N–H and O–H groups in total. The van der Waals surface area contributed by atoms with Gasteiger partial charge in [-0.15, -0.1) is 10.2 Å². The molecule has 0 saturated carbocycles. The van der Waals surface area contributed by atoms with Crippen molar-refractivity contribution >= 4 is 29.3 Å². The van der Waals surface area contributed by atoms with Gasteiger partial charge in [-0.2, -0.15) is 0 Å². The van der Waals surface area contributed by atoms with E-state index in [4.69, 9.17) is 4.42 Å². The molecule has 11 heteroatoms. The molecule has 0 aliphatic heterocycles. The highest BCUT2D eigenvalue weighted by Gasteiger charge is 2.16. The van der Waals surface area contributed by atoms with Gasteiger partial charge in [-0.25, -0.2) is 8.78 Å². The van der Waals surface area contributed by atoms with Crippen molar-refractivity contribution in [2.45, 2.75) is 18.6 Å². The van der Waals surface area contributed by atoms with Gasteiger partial charge in [0.2, 0.25) is 11.8 Å². The molecule has 0 atom stereocenters. The maximum Gasteiger partial charge on any atom is 0.243 e. The van der Waals surface area contributed by atoms with Gasteiger partial charge in [0, 0.05) is 18.3 Å². The van der Waals surface area contributed by atoms with Gasteiger partial charge < -0.3 is 15.1 Å². The van der Waals surface area contributed by atoms with Crippen LogP contribution in [0.1, 0.15) is 6.92 Å². The molecule has 2 heterocycles. The molecule has 0 bridgehead atoms. The number of benzene rings is 1. The van der Waals surface area contributed by atoms with Crippen molar-refractivity contribution in [2.24, 2.45) is 0 Å². The van der Waals surface area contributed by atoms with Gasteiger partial charge in [0.1, 0.15) is 0 Å². The summed E-state index contributed by atoms with van der Waals surface area (Å²) in [5, 5.41) is 13.5. The van der Waals surface area contributed by atoms with Crippen molar-refractivity contribution in [1.29, 1.82) is 0 Å². The number of nitrogens with one attached hydrogen (secondary N) is 2. The molecular weight excluding hydrogens is 404 g/mol. The summed E-state index contributed by atoms with van der Waals surface area (Å²) in [6, 6.07) is 6.50. The molecule has 3 aromatic rings. The highest BCUT2D eigenvalue weighted by Crippen LogP contribution is 2.24. The predicted molar refractivity (Wildman–Crippen MR) is 102 cm³/mol. The number of thioether (sulfide) groups is 1. The molecule has 0 unspecified atom stereocenters. The first-order valence-corrected chi connectivity index (χ1v) is 9.58. The van der Waals surface area contributed by atoms with Gasteiger partial charge in [-0.1, -0.05) is 11.8 Å². The molecule has 0 aliphatic rings. The zero-order valence-corrected chi connectivity index (χ0v) is 16.1. The highest BCUT2D eigenvalue weighted by atomic mass is 32.2. The summed E-state index contributed by atoms with van der Waals surface area (Å²) in [7, 11) is 0. The Balaban J connectivity index is 1.49. The Bertz CT molecular complexity index is 1010. The van der Waals surface area contributed by atoms with E-state index >= 15 is 0 Å². The molecule has 0 spiro atoms. The van der Waals surface area contributed by atoms with Gasteiger partial charge in [0.05, 0.1) is 18.6 Å². The molecule has 0 fully saturated rings. The fourth-order valence-electron chi connectivity index (χ4n) is 2.41. The Morgan fingerprint density at radius 1 is 1.17 bits per heavy atom. The minimum absolute atomic E-state index is 0.0226. The second kappa shape index (κ2) is 9.32. The summed E-state index contributed by atoms with van der Waals surface area (Å²) in [6.07, 6.45) is 1.54. The Morgan fingerprint density at radius 2 is 2.00 bits per heavy atom. The Kier molecular flexibility index (Phi) is 6.60. The van der Waals surface area contributed by atoms with E-state index in [-0.39, 0.29) is 23.9 Å². The molecule has 3 rings (SSSR count). The molecule has 29 heavy (non-hydrogen) atoms. The topological polar surface area (TPSA) is 102 Å². The third-order valence-corrected chi connectivity index (χ3v) is 4.72. The van der Waals surface area contributed by atoms with Crippen molar-refractivity contribution in [3.63, 3.8) is 0 Å². The van der Waals surface area contributed by atoms with E-state index < -0.39 is 17.5 Å². The second-order valence-corrected chi connectivity index (χ2v) is 6.71. The number of furan rings is 1. The largest absolute Gasteiger partial charge is 0.461 e. The molecule has 152 valence electrons. The van der Waals surface area contributed by atoms with Gasteiger partial charge in [-0.3, -0.25) is 14.2 Å². The SMILES string of the molecule is CCn1c(SCC(=O)NCC(=O)Nc2ccc(F)c(F)c2)nnc1-c1ccco1. The predicted octanol–water partition coefficient (Wildman–Crippen LogP) is 2.68.